The zero-order valence-electron chi connectivity index (χ0n) is 16.5. The summed E-state index contributed by atoms with van der Waals surface area (Å²) in [6.07, 6.45) is 4.36. The number of carbonyl (C=O) groups is 1. The van der Waals surface area contributed by atoms with Crippen molar-refractivity contribution in [2.75, 3.05) is 18.5 Å². The number of carbonyl (C=O) groups excluding carboxylic acids is 1. The van der Waals surface area contributed by atoms with Gasteiger partial charge in [0.15, 0.2) is 5.13 Å². The first-order valence-corrected chi connectivity index (χ1v) is 10.6. The highest BCUT2D eigenvalue weighted by Gasteiger charge is 2.22. The molecule has 0 aliphatic carbocycles. The molecule has 0 spiro atoms. The average Bonchev–Trinajstić information content (AvgIpc) is 3.07. The first-order valence-electron chi connectivity index (χ1n) is 9.83. The van der Waals surface area contributed by atoms with Gasteiger partial charge in [-0.2, -0.15) is 0 Å². The average molecular weight is 388 g/mol. The molecule has 1 N–H and O–H groups in total. The summed E-state index contributed by atoms with van der Waals surface area (Å²) in [6.45, 7) is 9.27. The van der Waals surface area contributed by atoms with Gasteiger partial charge in [-0.25, -0.2) is 4.98 Å². The highest BCUT2D eigenvalue weighted by atomic mass is 32.1. The van der Waals surface area contributed by atoms with Crippen molar-refractivity contribution in [2.45, 2.75) is 59.0 Å². The number of nitrogens with zero attached hydrogens (tertiary/aromatic N) is 2. The first kappa shape index (κ1) is 19.8. The van der Waals surface area contributed by atoms with Crippen LogP contribution in [0.1, 0.15) is 61.0 Å². The molecule has 0 radical (unpaired) electrons. The van der Waals surface area contributed by atoms with E-state index in [4.69, 9.17) is 4.74 Å². The Bertz CT molecular complexity index is 755. The van der Waals surface area contributed by atoms with Crippen molar-refractivity contribution in [3.05, 3.63) is 40.4 Å². The molecule has 1 aliphatic rings. The number of hydrogen-bond donors (Lipinski definition) is 1. The summed E-state index contributed by atoms with van der Waals surface area (Å²) in [5, 5.41) is 3.64. The molecule has 6 heteroatoms. The lowest BCUT2D eigenvalue weighted by Crippen LogP contribution is -2.35. The molecule has 0 saturated heterocycles. The van der Waals surface area contributed by atoms with E-state index in [-0.39, 0.29) is 5.91 Å². The van der Waals surface area contributed by atoms with Crippen LogP contribution in [-0.4, -0.2) is 35.0 Å². The van der Waals surface area contributed by atoms with Gasteiger partial charge in [0.1, 0.15) is 5.75 Å². The molecule has 0 bridgehead atoms. The topological polar surface area (TPSA) is 54.5 Å². The van der Waals surface area contributed by atoms with E-state index in [1.807, 2.05) is 12.1 Å². The van der Waals surface area contributed by atoms with E-state index in [0.717, 1.165) is 44.0 Å². The fraction of sp³-hybridized carbons (Fsp3) is 0.524. The van der Waals surface area contributed by atoms with Gasteiger partial charge in [0.2, 0.25) is 0 Å². The van der Waals surface area contributed by atoms with Crippen LogP contribution in [0.2, 0.25) is 0 Å². The van der Waals surface area contributed by atoms with Crippen molar-refractivity contribution in [3.8, 4) is 5.75 Å². The Balaban J connectivity index is 1.56. The molecule has 0 saturated carbocycles. The number of anilines is 1. The minimum atomic E-state index is -0.126. The maximum Gasteiger partial charge on any atom is 0.257 e. The van der Waals surface area contributed by atoms with E-state index in [2.05, 4.69) is 36.0 Å². The Morgan fingerprint density at radius 1 is 1.30 bits per heavy atom. The predicted molar refractivity (Wildman–Crippen MR) is 111 cm³/mol. The number of fused-ring (bicyclic) bond motifs is 1. The van der Waals surface area contributed by atoms with Crippen molar-refractivity contribution in [2.24, 2.45) is 0 Å². The van der Waals surface area contributed by atoms with E-state index in [1.54, 1.807) is 23.5 Å². The van der Waals surface area contributed by atoms with Crippen LogP contribution < -0.4 is 10.1 Å². The van der Waals surface area contributed by atoms with E-state index < -0.39 is 0 Å². The molecule has 0 fully saturated rings. The third-order valence-corrected chi connectivity index (χ3v) is 5.84. The number of rotatable bonds is 8. The van der Waals surface area contributed by atoms with Crippen molar-refractivity contribution < 1.29 is 9.53 Å². The lowest BCUT2D eigenvalue weighted by molar-refractivity contribution is 0.102. The number of thiazole rings is 1. The zero-order chi connectivity index (χ0) is 19.2. The molecular weight excluding hydrogens is 358 g/mol. The number of unbranched alkanes of at least 4 members (excludes halogenated alkanes) is 2. The van der Waals surface area contributed by atoms with Crippen molar-refractivity contribution in [1.29, 1.82) is 0 Å². The molecule has 2 heterocycles. The summed E-state index contributed by atoms with van der Waals surface area (Å²) in [6, 6.07) is 7.85. The van der Waals surface area contributed by atoms with Crippen LogP contribution in [0.15, 0.2) is 24.3 Å². The van der Waals surface area contributed by atoms with E-state index in [1.165, 1.54) is 17.7 Å². The third-order valence-electron chi connectivity index (χ3n) is 4.84. The van der Waals surface area contributed by atoms with Crippen LogP contribution in [0, 0.1) is 0 Å². The summed E-state index contributed by atoms with van der Waals surface area (Å²) in [5.41, 5.74) is 1.75. The van der Waals surface area contributed by atoms with Gasteiger partial charge >= 0.3 is 0 Å². The zero-order valence-corrected chi connectivity index (χ0v) is 17.3. The van der Waals surface area contributed by atoms with Crippen LogP contribution in [-0.2, 0) is 13.0 Å². The molecule has 3 rings (SSSR count). The fourth-order valence-electron chi connectivity index (χ4n) is 3.12. The number of benzene rings is 1. The highest BCUT2D eigenvalue weighted by Crippen LogP contribution is 2.29. The minimum Gasteiger partial charge on any atom is -0.494 e. The number of ether oxygens (including phenoxy) is 1. The van der Waals surface area contributed by atoms with Crippen LogP contribution >= 0.6 is 11.3 Å². The van der Waals surface area contributed by atoms with Crippen LogP contribution in [0.25, 0.3) is 0 Å². The molecule has 146 valence electrons. The number of amides is 1. The van der Waals surface area contributed by atoms with E-state index in [9.17, 15) is 4.79 Å². The van der Waals surface area contributed by atoms with Crippen molar-refractivity contribution in [3.63, 3.8) is 0 Å². The number of aromatic nitrogens is 1. The van der Waals surface area contributed by atoms with Gasteiger partial charge in [0, 0.05) is 36.0 Å². The summed E-state index contributed by atoms with van der Waals surface area (Å²) in [7, 11) is 0. The maximum atomic E-state index is 12.5. The van der Waals surface area contributed by atoms with Gasteiger partial charge in [-0.1, -0.05) is 19.8 Å². The van der Waals surface area contributed by atoms with E-state index in [0.29, 0.717) is 16.7 Å². The van der Waals surface area contributed by atoms with Crippen LogP contribution in [0.3, 0.4) is 0 Å². The second-order valence-electron chi connectivity index (χ2n) is 7.24. The normalized spacial score (nSPS) is 14.2. The summed E-state index contributed by atoms with van der Waals surface area (Å²) < 4.78 is 5.70. The molecule has 1 aliphatic heterocycles. The molecule has 5 nitrogen and oxygen atoms in total. The standard InChI is InChI=1S/C21H29N3O2S/c1-4-5-6-13-26-17-9-7-16(8-10-17)20(25)23-21-22-18-11-12-24(15(2)3)14-19(18)27-21/h7-10,15H,4-6,11-14H2,1-3H3,(H,22,23,25). The largest absolute Gasteiger partial charge is 0.494 e. The molecule has 0 unspecified atom stereocenters. The Hall–Kier alpha value is -1.92. The Morgan fingerprint density at radius 3 is 2.78 bits per heavy atom. The number of nitrogens with one attached hydrogen (secondary N) is 1. The predicted octanol–water partition coefficient (Wildman–Crippen LogP) is 4.73. The van der Waals surface area contributed by atoms with Gasteiger partial charge in [-0.3, -0.25) is 15.0 Å². The molecule has 1 aromatic carbocycles. The summed E-state index contributed by atoms with van der Waals surface area (Å²) in [4.78, 5) is 20.8. The molecule has 27 heavy (non-hydrogen) atoms. The molecule has 0 atom stereocenters. The summed E-state index contributed by atoms with van der Waals surface area (Å²) in [5.74, 6) is 0.681. The Labute approximate surface area is 165 Å². The maximum absolute atomic E-state index is 12.5. The van der Waals surface area contributed by atoms with Gasteiger partial charge in [-0.15, -0.1) is 11.3 Å². The quantitative estimate of drug-likeness (QED) is 0.665. The lowest BCUT2D eigenvalue weighted by atomic mass is 10.1. The smallest absolute Gasteiger partial charge is 0.257 e. The van der Waals surface area contributed by atoms with Gasteiger partial charge < -0.3 is 4.74 Å². The third kappa shape index (κ3) is 5.30. The lowest BCUT2D eigenvalue weighted by Gasteiger charge is -2.29. The summed E-state index contributed by atoms with van der Waals surface area (Å²) >= 11 is 1.59. The molecule has 1 amide bonds. The first-order chi connectivity index (χ1) is 13.1. The van der Waals surface area contributed by atoms with Gasteiger partial charge in [0.25, 0.3) is 5.91 Å². The monoisotopic (exact) mass is 387 g/mol. The van der Waals surface area contributed by atoms with Crippen LogP contribution in [0.5, 0.6) is 5.75 Å². The molecule has 2 aromatic rings. The number of hydrogen-bond acceptors (Lipinski definition) is 5. The Morgan fingerprint density at radius 2 is 2.07 bits per heavy atom. The fourth-order valence-corrected chi connectivity index (χ4v) is 4.15. The van der Waals surface area contributed by atoms with E-state index >= 15 is 0 Å². The second kappa shape index (κ2) is 9.33. The second-order valence-corrected chi connectivity index (χ2v) is 8.32. The van der Waals surface area contributed by atoms with Gasteiger partial charge in [-0.05, 0) is 44.5 Å². The van der Waals surface area contributed by atoms with Crippen LogP contribution in [0.4, 0.5) is 5.13 Å². The minimum absolute atomic E-state index is 0.126. The van der Waals surface area contributed by atoms with Gasteiger partial charge in [0.05, 0.1) is 12.3 Å². The SMILES string of the molecule is CCCCCOc1ccc(C(=O)Nc2nc3c(s2)CN(C(C)C)CC3)cc1. The Kier molecular flexibility index (Phi) is 6.85. The molecule has 1 aromatic heterocycles. The van der Waals surface area contributed by atoms with Crippen molar-refractivity contribution in [1.82, 2.24) is 9.88 Å². The highest BCUT2D eigenvalue weighted by molar-refractivity contribution is 7.15. The molecular formula is C21H29N3O2S. The van der Waals surface area contributed by atoms with Crippen molar-refractivity contribution >= 4 is 22.4 Å².